The number of carbonyl (C=O) groups is 1. The predicted octanol–water partition coefficient (Wildman–Crippen LogP) is 1.38. The SMILES string of the molecule is CCOc1cccc(CC(CN)C(=O)OC)c1. The van der Waals surface area contributed by atoms with E-state index < -0.39 is 0 Å². The van der Waals surface area contributed by atoms with Crippen molar-refractivity contribution < 1.29 is 14.3 Å². The second-order valence-electron chi connectivity index (χ2n) is 3.74. The Morgan fingerprint density at radius 2 is 2.24 bits per heavy atom. The number of nitrogens with two attached hydrogens (primary N) is 1. The van der Waals surface area contributed by atoms with Crippen molar-refractivity contribution in [1.82, 2.24) is 0 Å². The molecule has 0 heterocycles. The normalized spacial score (nSPS) is 11.9. The van der Waals surface area contributed by atoms with E-state index in [9.17, 15) is 4.79 Å². The summed E-state index contributed by atoms with van der Waals surface area (Å²) in [5, 5.41) is 0. The number of esters is 1. The molecule has 4 nitrogen and oxygen atoms in total. The smallest absolute Gasteiger partial charge is 0.310 e. The van der Waals surface area contributed by atoms with Gasteiger partial charge in [0, 0.05) is 6.54 Å². The van der Waals surface area contributed by atoms with Gasteiger partial charge in [-0.25, -0.2) is 0 Å². The lowest BCUT2D eigenvalue weighted by Crippen LogP contribution is -2.26. The molecule has 1 unspecified atom stereocenters. The molecule has 0 fully saturated rings. The Morgan fingerprint density at radius 3 is 2.82 bits per heavy atom. The first kappa shape index (κ1) is 13.5. The summed E-state index contributed by atoms with van der Waals surface area (Å²) in [5.74, 6) is 0.247. The lowest BCUT2D eigenvalue weighted by Gasteiger charge is -2.13. The quantitative estimate of drug-likeness (QED) is 0.759. The molecule has 2 N–H and O–H groups in total. The first-order valence-electron chi connectivity index (χ1n) is 5.70. The van der Waals surface area contributed by atoms with Gasteiger partial charge in [0.05, 0.1) is 19.6 Å². The Labute approximate surface area is 102 Å². The molecule has 0 aliphatic rings. The fourth-order valence-corrected chi connectivity index (χ4v) is 1.64. The third-order valence-electron chi connectivity index (χ3n) is 2.51. The molecular weight excluding hydrogens is 218 g/mol. The Kier molecular flexibility index (Phi) is 5.49. The van der Waals surface area contributed by atoms with Crippen LogP contribution in [0.1, 0.15) is 12.5 Å². The highest BCUT2D eigenvalue weighted by atomic mass is 16.5. The van der Waals surface area contributed by atoms with Crippen LogP contribution in [0.3, 0.4) is 0 Å². The molecule has 0 radical (unpaired) electrons. The van der Waals surface area contributed by atoms with Crippen molar-refractivity contribution >= 4 is 5.97 Å². The monoisotopic (exact) mass is 237 g/mol. The maximum Gasteiger partial charge on any atom is 0.310 e. The number of benzene rings is 1. The molecule has 94 valence electrons. The maximum absolute atomic E-state index is 11.4. The van der Waals surface area contributed by atoms with Gasteiger partial charge in [-0.1, -0.05) is 12.1 Å². The van der Waals surface area contributed by atoms with Crippen LogP contribution in [0.2, 0.25) is 0 Å². The largest absolute Gasteiger partial charge is 0.494 e. The summed E-state index contributed by atoms with van der Waals surface area (Å²) in [5.41, 5.74) is 6.59. The van der Waals surface area contributed by atoms with E-state index in [4.69, 9.17) is 15.2 Å². The predicted molar refractivity (Wildman–Crippen MR) is 65.9 cm³/mol. The lowest BCUT2D eigenvalue weighted by molar-refractivity contribution is -0.145. The zero-order valence-electron chi connectivity index (χ0n) is 10.3. The van der Waals surface area contributed by atoms with Gasteiger partial charge in [-0.15, -0.1) is 0 Å². The van der Waals surface area contributed by atoms with Gasteiger partial charge >= 0.3 is 5.97 Å². The number of methoxy groups -OCH3 is 1. The first-order chi connectivity index (χ1) is 8.21. The van der Waals surface area contributed by atoms with Crippen molar-refractivity contribution in [3.63, 3.8) is 0 Å². The van der Waals surface area contributed by atoms with Crippen molar-refractivity contribution in [3.05, 3.63) is 29.8 Å². The second kappa shape index (κ2) is 6.91. The van der Waals surface area contributed by atoms with E-state index in [0.29, 0.717) is 13.0 Å². The Morgan fingerprint density at radius 1 is 1.47 bits per heavy atom. The van der Waals surface area contributed by atoms with E-state index in [1.165, 1.54) is 7.11 Å². The second-order valence-corrected chi connectivity index (χ2v) is 3.74. The van der Waals surface area contributed by atoms with Crippen molar-refractivity contribution in [2.45, 2.75) is 13.3 Å². The minimum absolute atomic E-state index is 0.269. The van der Waals surface area contributed by atoms with Crippen LogP contribution < -0.4 is 10.5 Å². The third-order valence-corrected chi connectivity index (χ3v) is 2.51. The van der Waals surface area contributed by atoms with Crippen molar-refractivity contribution in [2.24, 2.45) is 11.7 Å². The first-order valence-corrected chi connectivity index (χ1v) is 5.70. The van der Waals surface area contributed by atoms with Gasteiger partial charge in [0.2, 0.25) is 0 Å². The summed E-state index contributed by atoms with van der Waals surface area (Å²) in [7, 11) is 1.38. The van der Waals surface area contributed by atoms with Crippen LogP contribution in [0, 0.1) is 5.92 Å². The number of ether oxygens (including phenoxy) is 2. The molecule has 1 aromatic carbocycles. The van der Waals surface area contributed by atoms with Crippen molar-refractivity contribution in [2.75, 3.05) is 20.3 Å². The Balaban J connectivity index is 2.72. The van der Waals surface area contributed by atoms with Crippen LogP contribution in [-0.4, -0.2) is 26.2 Å². The summed E-state index contributed by atoms with van der Waals surface area (Å²) in [6.45, 7) is 2.84. The van der Waals surface area contributed by atoms with Crippen LogP contribution in [0.5, 0.6) is 5.75 Å². The number of carbonyl (C=O) groups excluding carboxylic acids is 1. The van der Waals surface area contributed by atoms with Crippen LogP contribution in [0.15, 0.2) is 24.3 Å². The fourth-order valence-electron chi connectivity index (χ4n) is 1.64. The summed E-state index contributed by atoms with van der Waals surface area (Å²) >= 11 is 0. The summed E-state index contributed by atoms with van der Waals surface area (Å²) < 4.78 is 10.1. The molecule has 17 heavy (non-hydrogen) atoms. The molecule has 0 aliphatic carbocycles. The minimum atomic E-state index is -0.295. The standard InChI is InChI=1S/C13H19NO3/c1-3-17-12-6-4-5-10(8-12)7-11(9-14)13(15)16-2/h4-6,8,11H,3,7,9,14H2,1-2H3. The molecule has 1 aromatic rings. The Hall–Kier alpha value is -1.55. The number of rotatable bonds is 6. The number of hydrogen-bond acceptors (Lipinski definition) is 4. The highest BCUT2D eigenvalue weighted by Crippen LogP contribution is 2.16. The van der Waals surface area contributed by atoms with Crippen LogP contribution >= 0.6 is 0 Å². The van der Waals surface area contributed by atoms with E-state index >= 15 is 0 Å². The lowest BCUT2D eigenvalue weighted by atomic mass is 9.99. The molecular formula is C13H19NO3. The van der Waals surface area contributed by atoms with Gasteiger partial charge < -0.3 is 15.2 Å². The number of hydrogen-bond donors (Lipinski definition) is 1. The molecule has 0 bridgehead atoms. The molecule has 0 amide bonds. The van der Waals surface area contributed by atoms with E-state index in [0.717, 1.165) is 11.3 Å². The molecule has 4 heteroatoms. The summed E-state index contributed by atoms with van der Waals surface area (Å²) in [6.07, 6.45) is 0.573. The zero-order valence-corrected chi connectivity index (χ0v) is 10.3. The van der Waals surface area contributed by atoms with E-state index in [2.05, 4.69) is 0 Å². The zero-order chi connectivity index (χ0) is 12.7. The van der Waals surface area contributed by atoms with E-state index in [-0.39, 0.29) is 18.4 Å². The van der Waals surface area contributed by atoms with Crippen molar-refractivity contribution in [3.8, 4) is 5.75 Å². The van der Waals surface area contributed by atoms with Gasteiger partial charge in [-0.05, 0) is 31.0 Å². The van der Waals surface area contributed by atoms with Crippen molar-refractivity contribution in [1.29, 1.82) is 0 Å². The molecule has 0 saturated heterocycles. The fraction of sp³-hybridized carbons (Fsp3) is 0.462. The molecule has 0 aliphatic heterocycles. The van der Waals surface area contributed by atoms with Gasteiger partial charge in [-0.3, -0.25) is 4.79 Å². The maximum atomic E-state index is 11.4. The summed E-state index contributed by atoms with van der Waals surface area (Å²) in [4.78, 5) is 11.4. The van der Waals surface area contributed by atoms with Crippen LogP contribution in [-0.2, 0) is 16.0 Å². The van der Waals surface area contributed by atoms with Gasteiger partial charge in [0.15, 0.2) is 0 Å². The average Bonchev–Trinajstić information content (AvgIpc) is 2.36. The van der Waals surface area contributed by atoms with Crippen LogP contribution in [0.25, 0.3) is 0 Å². The Bertz CT molecular complexity index is 365. The average molecular weight is 237 g/mol. The van der Waals surface area contributed by atoms with Gasteiger partial charge in [-0.2, -0.15) is 0 Å². The third kappa shape index (κ3) is 4.07. The van der Waals surface area contributed by atoms with E-state index in [1.54, 1.807) is 0 Å². The molecule has 0 aromatic heterocycles. The van der Waals surface area contributed by atoms with Crippen LogP contribution in [0.4, 0.5) is 0 Å². The topological polar surface area (TPSA) is 61.5 Å². The van der Waals surface area contributed by atoms with Gasteiger partial charge in [0.1, 0.15) is 5.75 Å². The molecule has 1 atom stereocenters. The van der Waals surface area contributed by atoms with E-state index in [1.807, 2.05) is 31.2 Å². The highest BCUT2D eigenvalue weighted by molar-refractivity contribution is 5.72. The minimum Gasteiger partial charge on any atom is -0.494 e. The molecule has 0 saturated carbocycles. The summed E-state index contributed by atoms with van der Waals surface area (Å²) in [6, 6.07) is 7.68. The molecule has 1 rings (SSSR count). The van der Waals surface area contributed by atoms with Gasteiger partial charge in [0.25, 0.3) is 0 Å². The molecule has 0 spiro atoms. The highest BCUT2D eigenvalue weighted by Gasteiger charge is 2.17.